The van der Waals surface area contributed by atoms with Crippen molar-refractivity contribution in [2.75, 3.05) is 14.2 Å². The Morgan fingerprint density at radius 2 is 1.71 bits per heavy atom. The highest BCUT2D eigenvalue weighted by Crippen LogP contribution is 2.38. The maximum absolute atomic E-state index is 10.1. The van der Waals surface area contributed by atoms with Crippen LogP contribution in [0, 0.1) is 11.3 Å². The number of ether oxygens (including phenoxy) is 3. The van der Waals surface area contributed by atoms with Crippen molar-refractivity contribution in [2.45, 2.75) is 6.61 Å². The molecule has 0 fully saturated rings. The van der Waals surface area contributed by atoms with E-state index >= 15 is 0 Å². The van der Waals surface area contributed by atoms with Crippen LogP contribution in [0.25, 0.3) is 33.8 Å². The summed E-state index contributed by atoms with van der Waals surface area (Å²) in [6, 6.07) is 20.2. The number of aromatic nitrogens is 4. The molecule has 0 aliphatic carbocycles. The van der Waals surface area contributed by atoms with E-state index in [9.17, 15) is 5.26 Å². The van der Waals surface area contributed by atoms with Crippen molar-refractivity contribution >= 4 is 11.6 Å². The van der Waals surface area contributed by atoms with Crippen LogP contribution < -0.4 is 14.2 Å². The summed E-state index contributed by atoms with van der Waals surface area (Å²) in [5.41, 5.74) is 3.61. The first-order chi connectivity index (χ1) is 18.6. The summed E-state index contributed by atoms with van der Waals surface area (Å²) in [6.45, 7) is -0.0931. The highest BCUT2D eigenvalue weighted by molar-refractivity contribution is 6.30. The molecule has 0 bridgehead atoms. The summed E-state index contributed by atoms with van der Waals surface area (Å²) in [5.74, 6) is 1.76. The number of nitrogens with zero attached hydrogens (tertiary/aromatic N) is 5. The van der Waals surface area contributed by atoms with Crippen LogP contribution in [-0.2, 0) is 6.61 Å². The molecule has 3 heterocycles. The molecule has 0 unspecified atom stereocenters. The Hall–Kier alpha value is -4.94. The van der Waals surface area contributed by atoms with Crippen LogP contribution in [0.1, 0.15) is 11.5 Å². The fourth-order valence-electron chi connectivity index (χ4n) is 3.78. The Labute approximate surface area is 223 Å². The minimum atomic E-state index is -0.0931. The largest absolute Gasteiger partial charge is 0.493 e. The predicted molar refractivity (Wildman–Crippen MR) is 140 cm³/mol. The molecule has 0 atom stereocenters. The zero-order valence-electron chi connectivity index (χ0n) is 20.4. The molecule has 188 valence electrons. The van der Waals surface area contributed by atoms with Crippen LogP contribution in [0.5, 0.6) is 17.4 Å². The van der Waals surface area contributed by atoms with Crippen LogP contribution in [0.2, 0.25) is 5.02 Å². The summed E-state index contributed by atoms with van der Waals surface area (Å²) in [4.78, 5) is 8.81. The molecule has 0 aliphatic heterocycles. The summed E-state index contributed by atoms with van der Waals surface area (Å²) >= 11 is 5.96. The molecular weight excluding hydrogens is 506 g/mol. The first-order valence-corrected chi connectivity index (χ1v) is 11.8. The van der Waals surface area contributed by atoms with Crippen molar-refractivity contribution < 1.29 is 18.6 Å². The molecular formula is C28H20ClN5O4. The molecule has 5 rings (SSSR count). The topological polar surface area (TPSA) is 116 Å². The van der Waals surface area contributed by atoms with E-state index in [1.807, 2.05) is 24.3 Å². The van der Waals surface area contributed by atoms with Gasteiger partial charge < -0.3 is 18.6 Å². The third-order valence-electron chi connectivity index (χ3n) is 5.64. The summed E-state index contributed by atoms with van der Waals surface area (Å²) < 4.78 is 22.6. The van der Waals surface area contributed by atoms with Crippen LogP contribution in [0.4, 0.5) is 0 Å². The molecule has 5 aromatic rings. The van der Waals surface area contributed by atoms with Crippen molar-refractivity contribution in [1.29, 1.82) is 5.26 Å². The minimum absolute atomic E-state index is 0.0931. The lowest BCUT2D eigenvalue weighted by Crippen LogP contribution is -2.03. The number of rotatable bonds is 8. The van der Waals surface area contributed by atoms with Gasteiger partial charge in [-0.1, -0.05) is 17.7 Å². The fourth-order valence-corrected chi connectivity index (χ4v) is 3.90. The lowest BCUT2D eigenvalue weighted by molar-refractivity contribution is 0.254. The number of hydrogen-bond acceptors (Lipinski definition) is 9. The molecule has 9 nitrogen and oxygen atoms in total. The predicted octanol–water partition coefficient (Wildman–Crippen LogP) is 5.98. The summed E-state index contributed by atoms with van der Waals surface area (Å²) in [5, 5.41) is 18.9. The van der Waals surface area contributed by atoms with E-state index in [-0.39, 0.29) is 23.9 Å². The van der Waals surface area contributed by atoms with Crippen LogP contribution in [-0.4, -0.2) is 34.4 Å². The maximum Gasteiger partial charge on any atom is 0.254 e. The standard InChI is InChI=1S/C28H20ClN5O4/c1-35-24-10-7-18(12-25(24)36-2)21-13-23(19-4-3-11-31-15-19)32-28(22(21)14-30)37-16-26-33-34-27(38-26)17-5-8-20(29)9-6-17/h3-13,15H,16H2,1-2H3. The van der Waals surface area contributed by atoms with Gasteiger partial charge >= 0.3 is 0 Å². The molecule has 10 heteroatoms. The van der Waals surface area contributed by atoms with E-state index in [0.717, 1.165) is 16.7 Å². The molecule has 0 amide bonds. The molecule has 0 N–H and O–H groups in total. The normalized spacial score (nSPS) is 10.6. The third kappa shape index (κ3) is 5.12. The van der Waals surface area contributed by atoms with Crippen molar-refractivity contribution in [3.8, 4) is 57.3 Å². The summed E-state index contributed by atoms with van der Waals surface area (Å²) in [6.07, 6.45) is 3.36. The SMILES string of the molecule is COc1ccc(-c2cc(-c3cccnc3)nc(OCc3nnc(-c4ccc(Cl)cc4)o3)c2C#N)cc1OC. The first-order valence-electron chi connectivity index (χ1n) is 11.4. The lowest BCUT2D eigenvalue weighted by atomic mass is 9.98. The van der Waals surface area contributed by atoms with Gasteiger partial charge in [0.05, 0.1) is 19.9 Å². The van der Waals surface area contributed by atoms with Gasteiger partial charge in [0.25, 0.3) is 5.89 Å². The second kappa shape index (κ2) is 11.0. The van der Waals surface area contributed by atoms with Gasteiger partial charge in [-0.05, 0) is 60.2 Å². The van der Waals surface area contributed by atoms with E-state index < -0.39 is 0 Å². The maximum atomic E-state index is 10.1. The Kier molecular flexibility index (Phi) is 7.15. The Morgan fingerprint density at radius 1 is 0.921 bits per heavy atom. The fraction of sp³-hybridized carbons (Fsp3) is 0.107. The lowest BCUT2D eigenvalue weighted by Gasteiger charge is -2.14. The minimum Gasteiger partial charge on any atom is -0.493 e. The number of halogens is 1. The molecule has 2 aromatic carbocycles. The van der Waals surface area contributed by atoms with E-state index in [2.05, 4.69) is 26.2 Å². The van der Waals surface area contributed by atoms with Gasteiger partial charge in [0.1, 0.15) is 11.6 Å². The van der Waals surface area contributed by atoms with Crippen LogP contribution >= 0.6 is 11.6 Å². The molecule has 0 saturated heterocycles. The second-order valence-corrected chi connectivity index (χ2v) is 8.39. The Bertz CT molecular complexity index is 1620. The average Bonchev–Trinajstić information content (AvgIpc) is 3.45. The zero-order valence-corrected chi connectivity index (χ0v) is 21.1. The molecule has 0 spiro atoms. The first kappa shape index (κ1) is 24.7. The van der Waals surface area contributed by atoms with Crippen molar-refractivity contribution in [3.63, 3.8) is 0 Å². The second-order valence-electron chi connectivity index (χ2n) is 7.95. The molecule has 0 aliphatic rings. The van der Waals surface area contributed by atoms with Crippen molar-refractivity contribution in [1.82, 2.24) is 20.2 Å². The number of pyridine rings is 2. The van der Waals surface area contributed by atoms with E-state index in [4.69, 9.17) is 30.2 Å². The average molecular weight is 526 g/mol. The molecule has 3 aromatic heterocycles. The quantitative estimate of drug-likeness (QED) is 0.241. The Balaban J connectivity index is 1.53. The van der Waals surface area contributed by atoms with E-state index in [0.29, 0.717) is 33.7 Å². The van der Waals surface area contributed by atoms with Gasteiger partial charge in [-0.2, -0.15) is 5.26 Å². The van der Waals surface area contributed by atoms with Gasteiger partial charge in [-0.3, -0.25) is 4.98 Å². The summed E-state index contributed by atoms with van der Waals surface area (Å²) in [7, 11) is 3.12. The van der Waals surface area contributed by atoms with E-state index in [1.54, 1.807) is 63.0 Å². The van der Waals surface area contributed by atoms with Crippen molar-refractivity contribution in [3.05, 3.63) is 89.5 Å². The van der Waals surface area contributed by atoms with Crippen LogP contribution in [0.15, 0.2) is 77.5 Å². The number of nitriles is 1. The van der Waals surface area contributed by atoms with Crippen molar-refractivity contribution in [2.24, 2.45) is 0 Å². The van der Waals surface area contributed by atoms with Gasteiger partial charge in [0.15, 0.2) is 18.1 Å². The number of hydrogen-bond donors (Lipinski definition) is 0. The zero-order chi connectivity index (χ0) is 26.5. The third-order valence-corrected chi connectivity index (χ3v) is 5.89. The highest BCUT2D eigenvalue weighted by Gasteiger charge is 2.19. The van der Waals surface area contributed by atoms with Gasteiger partial charge in [-0.15, -0.1) is 10.2 Å². The number of methoxy groups -OCH3 is 2. The molecule has 0 radical (unpaired) electrons. The van der Waals surface area contributed by atoms with Gasteiger partial charge in [-0.25, -0.2) is 4.98 Å². The monoisotopic (exact) mass is 525 g/mol. The van der Waals surface area contributed by atoms with E-state index in [1.165, 1.54) is 0 Å². The molecule has 0 saturated carbocycles. The highest BCUT2D eigenvalue weighted by atomic mass is 35.5. The smallest absolute Gasteiger partial charge is 0.254 e. The Morgan fingerprint density at radius 3 is 2.42 bits per heavy atom. The van der Waals surface area contributed by atoms with Crippen LogP contribution in [0.3, 0.4) is 0 Å². The van der Waals surface area contributed by atoms with Gasteiger partial charge in [0.2, 0.25) is 11.8 Å². The molecule has 38 heavy (non-hydrogen) atoms. The number of benzene rings is 2. The van der Waals surface area contributed by atoms with Gasteiger partial charge in [0, 0.05) is 34.1 Å².